The molecule has 3 atom stereocenters. The highest BCUT2D eigenvalue weighted by molar-refractivity contribution is 7.91. The molecule has 7 heteroatoms. The van der Waals surface area contributed by atoms with E-state index in [1.165, 1.54) is 0 Å². The Hall–Kier alpha value is -0.660. The quantitative estimate of drug-likeness (QED) is 0.770. The summed E-state index contributed by atoms with van der Waals surface area (Å²) < 4.78 is 23.3. The van der Waals surface area contributed by atoms with Gasteiger partial charge in [-0.15, -0.1) is 0 Å². The SMILES string of the molecule is CCN(CC)[C@H](CN[C@H]1CS(=O)(=O)C[C@@H]1O)c1ccccc1Cl. The molecule has 1 saturated heterocycles. The zero-order valence-corrected chi connectivity index (χ0v) is 15.1. The summed E-state index contributed by atoms with van der Waals surface area (Å²) in [6.07, 6.45) is -0.844. The Balaban J connectivity index is 2.14. The summed E-state index contributed by atoms with van der Waals surface area (Å²) >= 11 is 6.35. The number of hydrogen-bond donors (Lipinski definition) is 2. The van der Waals surface area contributed by atoms with Crippen LogP contribution < -0.4 is 5.32 Å². The number of nitrogens with zero attached hydrogens (tertiary/aromatic N) is 1. The van der Waals surface area contributed by atoms with Crippen LogP contribution in [0.4, 0.5) is 0 Å². The van der Waals surface area contributed by atoms with Gasteiger partial charge in [-0.1, -0.05) is 43.6 Å². The third-order valence-corrected chi connectivity index (χ3v) is 6.47. The lowest BCUT2D eigenvalue weighted by Crippen LogP contribution is -2.44. The molecule has 1 aliphatic heterocycles. The molecule has 1 heterocycles. The van der Waals surface area contributed by atoms with Gasteiger partial charge in [0.15, 0.2) is 9.84 Å². The average Bonchev–Trinajstić information content (AvgIpc) is 2.77. The lowest BCUT2D eigenvalue weighted by molar-refractivity contribution is 0.151. The first-order valence-corrected chi connectivity index (χ1v) is 10.2. The number of sulfone groups is 1. The van der Waals surface area contributed by atoms with Gasteiger partial charge in [-0.25, -0.2) is 8.42 Å². The van der Waals surface area contributed by atoms with Gasteiger partial charge in [0, 0.05) is 23.7 Å². The molecule has 1 aliphatic rings. The molecule has 5 nitrogen and oxygen atoms in total. The molecule has 0 spiro atoms. The molecule has 0 amide bonds. The van der Waals surface area contributed by atoms with Gasteiger partial charge in [0.25, 0.3) is 0 Å². The monoisotopic (exact) mass is 360 g/mol. The van der Waals surface area contributed by atoms with Crippen LogP contribution in [0.3, 0.4) is 0 Å². The van der Waals surface area contributed by atoms with Gasteiger partial charge in [-0.2, -0.15) is 0 Å². The van der Waals surface area contributed by atoms with E-state index < -0.39 is 22.0 Å². The lowest BCUT2D eigenvalue weighted by Gasteiger charge is -2.32. The maximum atomic E-state index is 11.6. The molecule has 23 heavy (non-hydrogen) atoms. The van der Waals surface area contributed by atoms with E-state index in [4.69, 9.17) is 11.6 Å². The molecule has 1 fully saturated rings. The second kappa shape index (κ2) is 7.94. The largest absolute Gasteiger partial charge is 0.390 e. The van der Waals surface area contributed by atoms with Crippen LogP contribution in [0.5, 0.6) is 0 Å². The molecule has 0 radical (unpaired) electrons. The first kappa shape index (κ1) is 18.7. The predicted molar refractivity (Wildman–Crippen MR) is 93.6 cm³/mol. The molecule has 1 aromatic rings. The minimum Gasteiger partial charge on any atom is -0.390 e. The maximum absolute atomic E-state index is 11.6. The van der Waals surface area contributed by atoms with E-state index in [2.05, 4.69) is 24.1 Å². The highest BCUT2D eigenvalue weighted by Gasteiger charge is 2.36. The standard InChI is InChI=1S/C16H25ClN2O3S/c1-3-19(4-2)15(12-7-5-6-8-13(12)17)9-18-14-10-23(21,22)11-16(14)20/h5-8,14-16,18,20H,3-4,9-11H2,1-2H3/t14-,15+,16-/m0/s1. The summed E-state index contributed by atoms with van der Waals surface area (Å²) in [7, 11) is -3.15. The molecule has 2 rings (SSSR count). The van der Waals surface area contributed by atoms with E-state index in [1.54, 1.807) is 0 Å². The van der Waals surface area contributed by atoms with E-state index in [0.717, 1.165) is 18.7 Å². The minimum absolute atomic E-state index is 0.0122. The van der Waals surface area contributed by atoms with Crippen LogP contribution in [0, 0.1) is 0 Å². The molecule has 0 aromatic heterocycles. The second-order valence-electron chi connectivity index (χ2n) is 5.92. The molecule has 130 valence electrons. The number of halogens is 1. The van der Waals surface area contributed by atoms with Crippen LogP contribution in [0.1, 0.15) is 25.5 Å². The highest BCUT2D eigenvalue weighted by Crippen LogP contribution is 2.27. The number of hydrogen-bond acceptors (Lipinski definition) is 5. The first-order valence-electron chi connectivity index (χ1n) is 7.98. The van der Waals surface area contributed by atoms with Gasteiger partial charge >= 0.3 is 0 Å². The number of nitrogens with one attached hydrogen (secondary N) is 1. The van der Waals surface area contributed by atoms with Crippen LogP contribution in [-0.4, -0.2) is 61.7 Å². The smallest absolute Gasteiger partial charge is 0.154 e. The van der Waals surface area contributed by atoms with E-state index in [-0.39, 0.29) is 17.5 Å². The summed E-state index contributed by atoms with van der Waals surface area (Å²) in [5, 5.41) is 13.9. The zero-order valence-electron chi connectivity index (χ0n) is 13.6. The van der Waals surface area contributed by atoms with Gasteiger partial charge < -0.3 is 10.4 Å². The first-order chi connectivity index (χ1) is 10.9. The Morgan fingerprint density at radius 2 is 1.96 bits per heavy atom. The fourth-order valence-electron chi connectivity index (χ4n) is 3.13. The van der Waals surface area contributed by atoms with Crippen molar-refractivity contribution in [3.05, 3.63) is 34.9 Å². The lowest BCUT2D eigenvalue weighted by atomic mass is 10.0. The van der Waals surface area contributed by atoms with Gasteiger partial charge in [0.1, 0.15) is 0 Å². The van der Waals surface area contributed by atoms with E-state index in [1.807, 2.05) is 24.3 Å². The fourth-order valence-corrected chi connectivity index (χ4v) is 5.17. The number of aliphatic hydroxyl groups excluding tert-OH is 1. The third-order valence-electron chi connectivity index (χ3n) is 4.41. The minimum atomic E-state index is -3.15. The van der Waals surface area contributed by atoms with Gasteiger partial charge in [-0.05, 0) is 24.7 Å². The van der Waals surface area contributed by atoms with Gasteiger partial charge in [0.05, 0.1) is 17.6 Å². The van der Waals surface area contributed by atoms with Gasteiger partial charge in [-0.3, -0.25) is 4.90 Å². The van der Waals surface area contributed by atoms with Crippen LogP contribution in [0.2, 0.25) is 5.02 Å². The van der Waals surface area contributed by atoms with Crippen molar-refractivity contribution in [1.29, 1.82) is 0 Å². The maximum Gasteiger partial charge on any atom is 0.154 e. The van der Waals surface area contributed by atoms with Crippen LogP contribution in [-0.2, 0) is 9.84 Å². The fraction of sp³-hybridized carbons (Fsp3) is 0.625. The van der Waals surface area contributed by atoms with Crippen molar-refractivity contribution in [2.45, 2.75) is 32.0 Å². The van der Waals surface area contributed by atoms with Crippen molar-refractivity contribution in [1.82, 2.24) is 10.2 Å². The number of aliphatic hydroxyl groups is 1. The average molecular weight is 361 g/mol. The second-order valence-corrected chi connectivity index (χ2v) is 8.48. The summed E-state index contributed by atoms with van der Waals surface area (Å²) in [6, 6.07) is 7.32. The summed E-state index contributed by atoms with van der Waals surface area (Å²) in [5.41, 5.74) is 1.01. The van der Waals surface area contributed by atoms with Crippen LogP contribution in [0.25, 0.3) is 0 Å². The third kappa shape index (κ3) is 4.67. The van der Waals surface area contributed by atoms with E-state index in [9.17, 15) is 13.5 Å². The molecule has 0 saturated carbocycles. The molecule has 0 aliphatic carbocycles. The Bertz CT molecular complexity index is 620. The molecule has 1 aromatic carbocycles. The predicted octanol–water partition coefficient (Wildman–Crippen LogP) is 1.47. The van der Waals surface area contributed by atoms with Crippen molar-refractivity contribution >= 4 is 21.4 Å². The Morgan fingerprint density at radius 1 is 1.30 bits per heavy atom. The molecular formula is C16H25ClN2O3S. The summed E-state index contributed by atoms with van der Waals surface area (Å²) in [6.45, 7) is 6.44. The van der Waals surface area contributed by atoms with Crippen molar-refractivity contribution in [3.63, 3.8) is 0 Å². The Kier molecular flexibility index (Phi) is 6.45. The normalized spacial score (nSPS) is 24.9. The molecule has 0 bridgehead atoms. The summed E-state index contributed by atoms with van der Waals surface area (Å²) in [4.78, 5) is 2.27. The van der Waals surface area contributed by atoms with Gasteiger partial charge in [0.2, 0.25) is 0 Å². The Labute approximate surface area is 143 Å². The highest BCUT2D eigenvalue weighted by atomic mass is 35.5. The zero-order chi connectivity index (χ0) is 17.0. The molecule has 2 N–H and O–H groups in total. The van der Waals surface area contributed by atoms with E-state index >= 15 is 0 Å². The van der Waals surface area contributed by atoms with Crippen LogP contribution in [0.15, 0.2) is 24.3 Å². The van der Waals surface area contributed by atoms with Crippen molar-refractivity contribution < 1.29 is 13.5 Å². The van der Waals surface area contributed by atoms with Crippen molar-refractivity contribution in [2.75, 3.05) is 31.1 Å². The molecule has 0 unspecified atom stereocenters. The van der Waals surface area contributed by atoms with Crippen molar-refractivity contribution in [2.24, 2.45) is 0 Å². The number of likely N-dealkylation sites (N-methyl/N-ethyl adjacent to an activating group) is 1. The topological polar surface area (TPSA) is 69.6 Å². The number of rotatable bonds is 7. The molecular weight excluding hydrogens is 336 g/mol. The van der Waals surface area contributed by atoms with Crippen LogP contribution >= 0.6 is 11.6 Å². The number of benzene rings is 1. The summed E-state index contributed by atoms with van der Waals surface area (Å²) in [5.74, 6) is -0.172. The Morgan fingerprint density at radius 3 is 2.48 bits per heavy atom. The van der Waals surface area contributed by atoms with E-state index in [0.29, 0.717) is 11.6 Å². The van der Waals surface area contributed by atoms with Crippen molar-refractivity contribution in [3.8, 4) is 0 Å².